The highest BCUT2D eigenvalue weighted by Gasteiger charge is 2.35. The molecule has 24 heavy (non-hydrogen) atoms. The summed E-state index contributed by atoms with van der Waals surface area (Å²) in [5, 5.41) is 9.11. The molecule has 134 valence electrons. The van der Waals surface area contributed by atoms with E-state index in [0.717, 1.165) is 11.3 Å². The van der Waals surface area contributed by atoms with Crippen LogP contribution in [0.15, 0.2) is 6.07 Å². The third-order valence-corrected chi connectivity index (χ3v) is 4.51. The molecule has 1 N–H and O–H groups in total. The predicted molar refractivity (Wildman–Crippen MR) is 88.0 cm³/mol. The summed E-state index contributed by atoms with van der Waals surface area (Å²) in [7, 11) is 0. The number of rotatable bonds is 3. The van der Waals surface area contributed by atoms with Gasteiger partial charge < -0.3 is 19.5 Å². The van der Waals surface area contributed by atoms with Crippen molar-refractivity contribution in [3.63, 3.8) is 0 Å². The Morgan fingerprint density at radius 3 is 2.67 bits per heavy atom. The SMILES string of the molecule is CC(C)(C)OC(=O)N1CCC(Oc2cc(Cl)sc2C(=O)O)C(F)C1. The molecule has 0 aliphatic carbocycles. The lowest BCUT2D eigenvalue weighted by Crippen LogP contribution is -2.50. The quantitative estimate of drug-likeness (QED) is 0.863. The highest BCUT2D eigenvalue weighted by atomic mass is 35.5. The number of aromatic carboxylic acids is 1. The number of carbonyl (C=O) groups is 2. The molecule has 2 atom stereocenters. The van der Waals surface area contributed by atoms with Crippen LogP contribution in [0.5, 0.6) is 5.75 Å². The minimum Gasteiger partial charge on any atom is -0.485 e. The van der Waals surface area contributed by atoms with E-state index in [1.165, 1.54) is 11.0 Å². The number of amides is 1. The molecule has 1 aromatic rings. The third-order valence-electron chi connectivity index (χ3n) is 3.27. The molecule has 1 aliphatic rings. The first-order chi connectivity index (χ1) is 11.1. The lowest BCUT2D eigenvalue weighted by molar-refractivity contribution is -0.0106. The molecule has 1 saturated heterocycles. The Balaban J connectivity index is 1.99. The number of likely N-dealkylation sites (tertiary alicyclic amines) is 1. The summed E-state index contributed by atoms with van der Waals surface area (Å²) in [6.07, 6.45) is -2.64. The zero-order chi connectivity index (χ0) is 18.1. The Morgan fingerprint density at radius 2 is 2.12 bits per heavy atom. The van der Waals surface area contributed by atoms with Gasteiger partial charge in [0.15, 0.2) is 11.0 Å². The van der Waals surface area contributed by atoms with Crippen LogP contribution in [0, 0.1) is 0 Å². The fraction of sp³-hybridized carbons (Fsp3) is 0.600. The van der Waals surface area contributed by atoms with Gasteiger partial charge in [-0.2, -0.15) is 0 Å². The van der Waals surface area contributed by atoms with Gasteiger partial charge in [-0.3, -0.25) is 0 Å². The van der Waals surface area contributed by atoms with Gasteiger partial charge in [0.25, 0.3) is 0 Å². The predicted octanol–water partition coefficient (Wildman–Crippen LogP) is 3.83. The number of carboxylic acid groups (broad SMARTS) is 1. The van der Waals surface area contributed by atoms with Crippen LogP contribution in [0.2, 0.25) is 4.34 Å². The van der Waals surface area contributed by atoms with Crippen molar-refractivity contribution in [1.29, 1.82) is 0 Å². The van der Waals surface area contributed by atoms with Gasteiger partial charge >= 0.3 is 12.1 Å². The van der Waals surface area contributed by atoms with Crippen LogP contribution in [-0.4, -0.2) is 53.0 Å². The number of alkyl halides is 1. The van der Waals surface area contributed by atoms with Crippen molar-refractivity contribution < 1.29 is 28.6 Å². The molecule has 1 amide bonds. The Morgan fingerprint density at radius 1 is 1.46 bits per heavy atom. The number of nitrogens with zero attached hydrogens (tertiary/aromatic N) is 1. The van der Waals surface area contributed by atoms with E-state index in [1.54, 1.807) is 20.8 Å². The molecule has 2 heterocycles. The first-order valence-electron chi connectivity index (χ1n) is 7.38. The van der Waals surface area contributed by atoms with Crippen LogP contribution >= 0.6 is 22.9 Å². The van der Waals surface area contributed by atoms with E-state index in [-0.39, 0.29) is 34.5 Å². The normalized spacial score (nSPS) is 21.5. The van der Waals surface area contributed by atoms with Crippen LogP contribution in [0.3, 0.4) is 0 Å². The first kappa shape index (κ1) is 18.8. The molecular formula is C15H19ClFNO5S. The summed E-state index contributed by atoms with van der Waals surface area (Å²) in [5.41, 5.74) is -0.653. The number of ether oxygens (including phenoxy) is 2. The number of hydrogen-bond donors (Lipinski definition) is 1. The monoisotopic (exact) mass is 379 g/mol. The molecule has 2 unspecified atom stereocenters. The van der Waals surface area contributed by atoms with Gasteiger partial charge in [-0.15, -0.1) is 11.3 Å². The van der Waals surface area contributed by atoms with Crippen LogP contribution in [0.1, 0.15) is 36.9 Å². The summed E-state index contributed by atoms with van der Waals surface area (Å²) in [6.45, 7) is 5.31. The smallest absolute Gasteiger partial charge is 0.410 e. The number of halogens is 2. The second kappa shape index (κ2) is 7.14. The second-order valence-corrected chi connectivity index (χ2v) is 8.12. The lowest BCUT2D eigenvalue weighted by Gasteiger charge is -2.35. The van der Waals surface area contributed by atoms with Gasteiger partial charge in [0.2, 0.25) is 0 Å². The third kappa shape index (κ3) is 4.73. The largest absolute Gasteiger partial charge is 0.485 e. The van der Waals surface area contributed by atoms with Crippen LogP contribution < -0.4 is 4.74 Å². The van der Waals surface area contributed by atoms with Gasteiger partial charge in [0.1, 0.15) is 17.5 Å². The van der Waals surface area contributed by atoms with Crippen LogP contribution in [-0.2, 0) is 4.74 Å². The fourth-order valence-corrected chi connectivity index (χ4v) is 3.24. The number of carbonyl (C=O) groups excluding carboxylic acids is 1. The first-order valence-corrected chi connectivity index (χ1v) is 8.57. The molecule has 9 heteroatoms. The summed E-state index contributed by atoms with van der Waals surface area (Å²) in [5.74, 6) is -1.13. The molecule has 0 radical (unpaired) electrons. The van der Waals surface area contributed by atoms with Crippen molar-refractivity contribution in [3.8, 4) is 5.75 Å². The van der Waals surface area contributed by atoms with Gasteiger partial charge in [0.05, 0.1) is 10.9 Å². The van der Waals surface area contributed by atoms with Crippen molar-refractivity contribution >= 4 is 35.0 Å². The van der Waals surface area contributed by atoms with Crippen molar-refractivity contribution in [1.82, 2.24) is 4.90 Å². The molecule has 1 fully saturated rings. The second-order valence-electron chi connectivity index (χ2n) is 6.44. The van der Waals surface area contributed by atoms with Crippen molar-refractivity contribution in [3.05, 3.63) is 15.3 Å². The average molecular weight is 380 g/mol. The minimum absolute atomic E-state index is 0.0517. The zero-order valence-electron chi connectivity index (χ0n) is 13.5. The maximum Gasteiger partial charge on any atom is 0.410 e. The highest BCUT2D eigenvalue weighted by molar-refractivity contribution is 7.18. The van der Waals surface area contributed by atoms with E-state index in [4.69, 9.17) is 26.2 Å². The highest BCUT2D eigenvalue weighted by Crippen LogP contribution is 2.35. The average Bonchev–Trinajstić information content (AvgIpc) is 2.80. The van der Waals surface area contributed by atoms with E-state index in [9.17, 15) is 14.0 Å². The minimum atomic E-state index is -1.45. The van der Waals surface area contributed by atoms with Gasteiger partial charge in [-0.05, 0) is 20.8 Å². The van der Waals surface area contributed by atoms with Crippen LogP contribution in [0.4, 0.5) is 9.18 Å². The Bertz CT molecular complexity index is 630. The molecule has 1 aromatic heterocycles. The molecule has 2 rings (SSSR count). The summed E-state index contributed by atoms with van der Waals surface area (Å²) in [6, 6.07) is 1.36. The van der Waals surface area contributed by atoms with Crippen molar-refractivity contribution in [2.24, 2.45) is 0 Å². The number of piperidine rings is 1. The fourth-order valence-electron chi connectivity index (χ4n) is 2.25. The zero-order valence-corrected chi connectivity index (χ0v) is 15.1. The van der Waals surface area contributed by atoms with Crippen LogP contribution in [0.25, 0.3) is 0 Å². The Labute approximate surface area is 148 Å². The van der Waals surface area contributed by atoms with Gasteiger partial charge in [-0.25, -0.2) is 14.0 Å². The van der Waals surface area contributed by atoms with E-state index in [0.29, 0.717) is 0 Å². The van der Waals surface area contributed by atoms with E-state index >= 15 is 0 Å². The number of carboxylic acids is 1. The lowest BCUT2D eigenvalue weighted by atomic mass is 10.1. The maximum absolute atomic E-state index is 14.4. The molecule has 0 bridgehead atoms. The molecule has 1 aliphatic heterocycles. The topological polar surface area (TPSA) is 76.1 Å². The van der Waals surface area contributed by atoms with E-state index < -0.39 is 29.9 Å². The molecule has 0 saturated carbocycles. The Hall–Kier alpha value is -1.54. The van der Waals surface area contributed by atoms with Gasteiger partial charge in [-0.1, -0.05) is 11.6 Å². The summed E-state index contributed by atoms with van der Waals surface area (Å²) >= 11 is 6.66. The van der Waals surface area contributed by atoms with Gasteiger partial charge in [0, 0.05) is 19.0 Å². The van der Waals surface area contributed by atoms with E-state index in [1.807, 2.05) is 0 Å². The summed E-state index contributed by atoms with van der Waals surface area (Å²) < 4.78 is 25.3. The number of thiophene rings is 1. The van der Waals surface area contributed by atoms with Crippen molar-refractivity contribution in [2.45, 2.75) is 45.1 Å². The maximum atomic E-state index is 14.4. The standard InChI is InChI=1S/C15H19ClFNO5S/c1-15(2,3)23-14(21)18-5-4-9(8(17)7-18)22-10-6-11(16)24-12(10)13(19)20/h6,8-9H,4-5,7H2,1-3H3,(H,19,20). The summed E-state index contributed by atoms with van der Waals surface area (Å²) in [4.78, 5) is 24.3. The van der Waals surface area contributed by atoms with E-state index in [2.05, 4.69) is 0 Å². The Kier molecular flexibility index (Phi) is 5.59. The number of hydrogen-bond acceptors (Lipinski definition) is 5. The molecular weight excluding hydrogens is 361 g/mol. The molecule has 0 aromatic carbocycles. The molecule has 0 spiro atoms. The molecule has 6 nitrogen and oxygen atoms in total. The van der Waals surface area contributed by atoms with Crippen molar-refractivity contribution in [2.75, 3.05) is 13.1 Å².